The molecule has 1 aliphatic heterocycles. The van der Waals surface area contributed by atoms with Crippen LogP contribution in [0.4, 0.5) is 0 Å². The van der Waals surface area contributed by atoms with E-state index in [0.717, 1.165) is 13.0 Å². The van der Waals surface area contributed by atoms with Crippen LogP contribution in [-0.2, 0) is 4.74 Å². The van der Waals surface area contributed by atoms with Crippen LogP contribution < -0.4 is 5.32 Å². The third-order valence-electron chi connectivity index (χ3n) is 3.56. The van der Waals surface area contributed by atoms with Crippen molar-refractivity contribution in [3.8, 4) is 0 Å². The molecule has 1 N–H and O–H groups in total. The van der Waals surface area contributed by atoms with Gasteiger partial charge in [-0.05, 0) is 31.2 Å². The van der Waals surface area contributed by atoms with Crippen molar-refractivity contribution in [2.75, 3.05) is 6.61 Å². The first-order valence-corrected chi connectivity index (χ1v) is 6.65. The van der Waals surface area contributed by atoms with Crippen molar-refractivity contribution in [1.82, 2.24) is 10.3 Å². The van der Waals surface area contributed by atoms with Crippen LogP contribution in [0.25, 0.3) is 0 Å². The molecule has 5 heteroatoms. The Morgan fingerprint density at radius 1 is 1.44 bits per heavy atom. The van der Waals surface area contributed by atoms with E-state index in [9.17, 15) is 4.79 Å². The molecule has 96 valence electrons. The van der Waals surface area contributed by atoms with E-state index in [0.29, 0.717) is 16.5 Å². The summed E-state index contributed by atoms with van der Waals surface area (Å²) in [4.78, 5) is 16.0. The van der Waals surface area contributed by atoms with Gasteiger partial charge in [0.25, 0.3) is 5.91 Å². The highest BCUT2D eigenvalue weighted by Gasteiger charge is 2.41. The highest BCUT2D eigenvalue weighted by molar-refractivity contribution is 6.33. The molecule has 2 atom stereocenters. The summed E-state index contributed by atoms with van der Waals surface area (Å²) in [5.74, 6) is 0.495. The summed E-state index contributed by atoms with van der Waals surface area (Å²) in [5, 5.41) is 3.42. The first-order valence-electron chi connectivity index (χ1n) is 6.27. The second kappa shape index (κ2) is 4.86. The smallest absolute Gasteiger partial charge is 0.253 e. The van der Waals surface area contributed by atoms with E-state index < -0.39 is 0 Å². The number of pyridine rings is 1. The van der Waals surface area contributed by atoms with Crippen LogP contribution in [0.5, 0.6) is 0 Å². The topological polar surface area (TPSA) is 51.2 Å². The quantitative estimate of drug-likeness (QED) is 0.911. The summed E-state index contributed by atoms with van der Waals surface area (Å²) in [5.41, 5.74) is 0.480. The van der Waals surface area contributed by atoms with Crippen molar-refractivity contribution >= 4 is 17.5 Å². The van der Waals surface area contributed by atoms with E-state index in [4.69, 9.17) is 16.3 Å². The Morgan fingerprint density at radius 2 is 2.28 bits per heavy atom. The average Bonchev–Trinajstić information content (AvgIpc) is 3.11. The van der Waals surface area contributed by atoms with Gasteiger partial charge in [0.1, 0.15) is 0 Å². The molecule has 1 aromatic rings. The maximum Gasteiger partial charge on any atom is 0.253 e. The molecule has 2 fully saturated rings. The number of halogens is 1. The van der Waals surface area contributed by atoms with Gasteiger partial charge < -0.3 is 10.1 Å². The first-order chi connectivity index (χ1) is 8.75. The number of aromatic nitrogens is 1. The molecule has 0 radical (unpaired) electrons. The highest BCUT2D eigenvalue weighted by atomic mass is 35.5. The Balaban J connectivity index is 1.69. The Hall–Kier alpha value is -1.13. The summed E-state index contributed by atoms with van der Waals surface area (Å²) >= 11 is 5.96. The number of nitrogens with zero attached hydrogens (tertiary/aromatic N) is 1. The lowest BCUT2D eigenvalue weighted by Crippen LogP contribution is -2.41. The molecule has 2 unspecified atom stereocenters. The number of hydrogen-bond acceptors (Lipinski definition) is 3. The molecule has 1 saturated carbocycles. The van der Waals surface area contributed by atoms with Crippen LogP contribution in [-0.4, -0.2) is 29.6 Å². The highest BCUT2D eigenvalue weighted by Crippen LogP contribution is 2.38. The number of carbonyl (C=O) groups excluding carboxylic acids is 1. The molecule has 1 saturated heterocycles. The fourth-order valence-corrected chi connectivity index (χ4v) is 2.67. The molecule has 1 amide bonds. The zero-order valence-corrected chi connectivity index (χ0v) is 10.7. The molecule has 0 aromatic carbocycles. The summed E-state index contributed by atoms with van der Waals surface area (Å²) in [6, 6.07) is 1.76. The first kappa shape index (κ1) is 11.9. The number of amides is 1. The third-order valence-corrected chi connectivity index (χ3v) is 3.86. The number of nitrogens with one attached hydrogen (secondary N) is 1. The lowest BCUT2D eigenvalue weighted by Gasteiger charge is -2.19. The van der Waals surface area contributed by atoms with Gasteiger partial charge in [0, 0.05) is 19.0 Å². The standard InChI is InChI=1S/C13H15ClN2O2/c14-10-7-15-5-3-9(10)13(17)16-11-4-6-18-12(11)8-1-2-8/h3,5,7-8,11-12H,1-2,4,6H2,(H,16,17). The Kier molecular flexibility index (Phi) is 3.22. The van der Waals surface area contributed by atoms with Gasteiger partial charge in [0.2, 0.25) is 0 Å². The SMILES string of the molecule is O=C(NC1CCOC1C1CC1)c1ccncc1Cl. The summed E-state index contributed by atoms with van der Waals surface area (Å²) in [6.07, 6.45) is 6.56. The maximum absolute atomic E-state index is 12.1. The Morgan fingerprint density at radius 3 is 3.00 bits per heavy atom. The van der Waals surface area contributed by atoms with Crippen molar-refractivity contribution in [2.45, 2.75) is 31.4 Å². The Bertz CT molecular complexity index is 462. The van der Waals surface area contributed by atoms with Crippen molar-refractivity contribution < 1.29 is 9.53 Å². The van der Waals surface area contributed by atoms with Gasteiger partial charge in [-0.1, -0.05) is 11.6 Å². The van der Waals surface area contributed by atoms with E-state index >= 15 is 0 Å². The van der Waals surface area contributed by atoms with Crippen LogP contribution in [0.3, 0.4) is 0 Å². The zero-order valence-electron chi connectivity index (χ0n) is 9.93. The van der Waals surface area contributed by atoms with Gasteiger partial charge in [-0.15, -0.1) is 0 Å². The lowest BCUT2D eigenvalue weighted by atomic mass is 10.1. The predicted octanol–water partition coefficient (Wildman–Crippen LogP) is 2.03. The summed E-state index contributed by atoms with van der Waals surface area (Å²) in [7, 11) is 0. The largest absolute Gasteiger partial charge is 0.376 e. The third kappa shape index (κ3) is 2.35. The molecular weight excluding hydrogens is 252 g/mol. The maximum atomic E-state index is 12.1. The number of rotatable bonds is 3. The normalized spacial score (nSPS) is 27.2. The van der Waals surface area contributed by atoms with Crippen molar-refractivity contribution in [3.63, 3.8) is 0 Å². The van der Waals surface area contributed by atoms with E-state index in [1.54, 1.807) is 12.3 Å². The molecular formula is C13H15ClN2O2. The molecule has 0 bridgehead atoms. The molecule has 4 nitrogen and oxygen atoms in total. The molecule has 2 heterocycles. The fraction of sp³-hybridized carbons (Fsp3) is 0.538. The van der Waals surface area contributed by atoms with E-state index in [1.807, 2.05) is 0 Å². The monoisotopic (exact) mass is 266 g/mol. The lowest BCUT2D eigenvalue weighted by molar-refractivity contribution is 0.0729. The van der Waals surface area contributed by atoms with Gasteiger partial charge in [-0.3, -0.25) is 9.78 Å². The molecule has 1 aliphatic carbocycles. The minimum atomic E-state index is -0.136. The molecule has 0 spiro atoms. The van der Waals surface area contributed by atoms with Gasteiger partial charge in [-0.2, -0.15) is 0 Å². The predicted molar refractivity (Wildman–Crippen MR) is 67.6 cm³/mol. The second-order valence-corrected chi connectivity index (χ2v) is 5.30. The molecule has 2 aliphatic rings. The van der Waals surface area contributed by atoms with Crippen molar-refractivity contribution in [2.24, 2.45) is 5.92 Å². The molecule has 3 rings (SSSR count). The number of carbonyl (C=O) groups is 1. The van der Waals surface area contributed by atoms with E-state index in [2.05, 4.69) is 10.3 Å². The van der Waals surface area contributed by atoms with Crippen LogP contribution in [0, 0.1) is 5.92 Å². The van der Waals surface area contributed by atoms with Gasteiger partial charge >= 0.3 is 0 Å². The van der Waals surface area contributed by atoms with Gasteiger partial charge in [0.15, 0.2) is 0 Å². The molecule has 18 heavy (non-hydrogen) atoms. The summed E-state index contributed by atoms with van der Waals surface area (Å²) in [6.45, 7) is 0.732. The fourth-order valence-electron chi connectivity index (χ4n) is 2.46. The van der Waals surface area contributed by atoms with E-state index in [1.165, 1.54) is 19.0 Å². The zero-order chi connectivity index (χ0) is 12.5. The van der Waals surface area contributed by atoms with Crippen LogP contribution in [0.15, 0.2) is 18.5 Å². The Labute approximate surface area is 111 Å². The van der Waals surface area contributed by atoms with E-state index in [-0.39, 0.29) is 18.1 Å². The van der Waals surface area contributed by atoms with Gasteiger partial charge in [0.05, 0.1) is 22.7 Å². The number of hydrogen-bond donors (Lipinski definition) is 1. The van der Waals surface area contributed by atoms with Crippen LogP contribution in [0.2, 0.25) is 5.02 Å². The minimum Gasteiger partial charge on any atom is -0.376 e. The average molecular weight is 267 g/mol. The van der Waals surface area contributed by atoms with Crippen molar-refractivity contribution in [3.05, 3.63) is 29.0 Å². The molecule has 1 aromatic heterocycles. The van der Waals surface area contributed by atoms with Crippen LogP contribution in [0.1, 0.15) is 29.6 Å². The summed E-state index contributed by atoms with van der Waals surface area (Å²) < 4.78 is 5.70. The number of ether oxygens (including phenoxy) is 1. The minimum absolute atomic E-state index is 0.120. The van der Waals surface area contributed by atoms with Crippen LogP contribution >= 0.6 is 11.6 Å². The van der Waals surface area contributed by atoms with Crippen molar-refractivity contribution in [1.29, 1.82) is 0 Å². The van der Waals surface area contributed by atoms with Gasteiger partial charge in [-0.25, -0.2) is 0 Å². The second-order valence-electron chi connectivity index (χ2n) is 4.90.